The molecule has 1 aromatic rings. The van der Waals surface area contributed by atoms with Crippen LogP contribution in [0.4, 0.5) is 0 Å². The lowest BCUT2D eigenvalue weighted by atomic mass is 10.1. The van der Waals surface area contributed by atoms with Crippen LogP contribution in [0.3, 0.4) is 0 Å². The normalized spacial score (nSPS) is 11.4. The average Bonchev–Trinajstić information content (AvgIpc) is 2.28. The monoisotopic (exact) mass is 250 g/mol. The number of hydrogen-bond acceptors (Lipinski definition) is 3. The van der Waals surface area contributed by atoms with Gasteiger partial charge in [0.2, 0.25) is 0 Å². The molecule has 100 valence electrons. The highest BCUT2D eigenvalue weighted by Gasteiger charge is 2.30. The Labute approximate surface area is 109 Å². The van der Waals surface area contributed by atoms with Gasteiger partial charge in [0.1, 0.15) is 0 Å². The lowest BCUT2D eigenvalue weighted by molar-refractivity contribution is -0.169. The van der Waals surface area contributed by atoms with Gasteiger partial charge in [0.15, 0.2) is 5.60 Å². The molecule has 0 heterocycles. The number of hydrogen-bond donors (Lipinski definition) is 0. The molecule has 0 aromatic heterocycles. The fourth-order valence-corrected chi connectivity index (χ4v) is 1.63. The maximum Gasteiger partial charge on any atom is 0.337 e. The summed E-state index contributed by atoms with van der Waals surface area (Å²) < 4.78 is 10.7. The van der Waals surface area contributed by atoms with Crippen LogP contribution in [0.1, 0.15) is 37.5 Å². The van der Waals surface area contributed by atoms with E-state index in [9.17, 15) is 4.79 Å². The molecule has 0 aliphatic heterocycles. The van der Waals surface area contributed by atoms with Crippen molar-refractivity contribution in [1.82, 2.24) is 0 Å². The SMILES string of the molecule is CCOC(=O)C(C)(C)OCc1ccc(C)cc1C. The summed E-state index contributed by atoms with van der Waals surface area (Å²) in [7, 11) is 0. The molecule has 0 atom stereocenters. The molecule has 3 heteroatoms. The molecule has 0 N–H and O–H groups in total. The zero-order valence-corrected chi connectivity index (χ0v) is 11.9. The van der Waals surface area contributed by atoms with E-state index < -0.39 is 5.60 Å². The first-order valence-electron chi connectivity index (χ1n) is 6.24. The predicted molar refractivity (Wildman–Crippen MR) is 71.4 cm³/mol. The third-order valence-electron chi connectivity index (χ3n) is 2.85. The summed E-state index contributed by atoms with van der Waals surface area (Å²) in [5.74, 6) is -0.324. The van der Waals surface area contributed by atoms with Crippen molar-refractivity contribution in [3.05, 3.63) is 34.9 Å². The molecule has 0 unspecified atom stereocenters. The minimum absolute atomic E-state index is 0.324. The lowest BCUT2D eigenvalue weighted by Gasteiger charge is -2.23. The van der Waals surface area contributed by atoms with Crippen molar-refractivity contribution in [2.45, 2.75) is 46.8 Å². The van der Waals surface area contributed by atoms with Gasteiger partial charge in [0.05, 0.1) is 13.2 Å². The number of benzene rings is 1. The van der Waals surface area contributed by atoms with Gasteiger partial charge in [0, 0.05) is 0 Å². The van der Waals surface area contributed by atoms with Crippen LogP contribution in [-0.4, -0.2) is 18.2 Å². The van der Waals surface area contributed by atoms with Crippen LogP contribution in [-0.2, 0) is 20.9 Å². The van der Waals surface area contributed by atoms with Gasteiger partial charge < -0.3 is 9.47 Å². The third-order valence-corrected chi connectivity index (χ3v) is 2.85. The quantitative estimate of drug-likeness (QED) is 0.753. The van der Waals surface area contributed by atoms with Crippen molar-refractivity contribution in [3.63, 3.8) is 0 Å². The molecule has 0 fully saturated rings. The molecule has 0 radical (unpaired) electrons. The highest BCUT2D eigenvalue weighted by atomic mass is 16.6. The number of rotatable bonds is 5. The van der Waals surface area contributed by atoms with E-state index in [1.54, 1.807) is 20.8 Å². The van der Waals surface area contributed by atoms with Gasteiger partial charge >= 0.3 is 5.97 Å². The van der Waals surface area contributed by atoms with Crippen LogP contribution in [0.15, 0.2) is 18.2 Å². The summed E-state index contributed by atoms with van der Waals surface area (Å²) in [4.78, 5) is 11.7. The second-order valence-electron chi connectivity index (χ2n) is 4.95. The third kappa shape index (κ3) is 3.84. The highest BCUT2D eigenvalue weighted by Crippen LogP contribution is 2.18. The van der Waals surface area contributed by atoms with Crippen LogP contribution in [0, 0.1) is 13.8 Å². The molecule has 18 heavy (non-hydrogen) atoms. The molecule has 1 aromatic carbocycles. The fraction of sp³-hybridized carbons (Fsp3) is 0.533. The standard InChI is InChI=1S/C15H22O3/c1-6-17-14(16)15(4,5)18-10-13-8-7-11(2)9-12(13)3/h7-9H,6,10H2,1-5H3. The minimum Gasteiger partial charge on any atom is -0.464 e. The Kier molecular flexibility index (Phi) is 4.91. The summed E-state index contributed by atoms with van der Waals surface area (Å²) in [5, 5.41) is 0. The van der Waals surface area contributed by atoms with Crippen LogP contribution in [0.25, 0.3) is 0 Å². The minimum atomic E-state index is -0.909. The van der Waals surface area contributed by atoms with Gasteiger partial charge in [-0.2, -0.15) is 0 Å². The lowest BCUT2D eigenvalue weighted by Crippen LogP contribution is -2.36. The van der Waals surface area contributed by atoms with Crippen molar-refractivity contribution in [1.29, 1.82) is 0 Å². The number of esters is 1. The van der Waals surface area contributed by atoms with Crippen LogP contribution in [0.5, 0.6) is 0 Å². The highest BCUT2D eigenvalue weighted by molar-refractivity contribution is 5.78. The molecule has 1 rings (SSSR count). The molecule has 0 saturated carbocycles. The van der Waals surface area contributed by atoms with E-state index in [4.69, 9.17) is 9.47 Å². The molecule has 0 saturated heterocycles. The van der Waals surface area contributed by atoms with Gasteiger partial charge in [0.25, 0.3) is 0 Å². The first-order chi connectivity index (χ1) is 8.36. The van der Waals surface area contributed by atoms with Gasteiger partial charge in [-0.05, 0) is 45.7 Å². The van der Waals surface area contributed by atoms with E-state index in [1.807, 2.05) is 19.1 Å². The summed E-state index contributed by atoms with van der Waals surface area (Å²) in [6, 6.07) is 6.19. The molecule has 0 aliphatic carbocycles. The summed E-state index contributed by atoms with van der Waals surface area (Å²) in [6.45, 7) is 10.1. The summed E-state index contributed by atoms with van der Waals surface area (Å²) in [5.41, 5.74) is 2.58. The van der Waals surface area contributed by atoms with Gasteiger partial charge in [-0.3, -0.25) is 0 Å². The summed E-state index contributed by atoms with van der Waals surface area (Å²) in [6.07, 6.45) is 0. The van der Waals surface area contributed by atoms with E-state index in [1.165, 1.54) is 11.1 Å². The van der Waals surface area contributed by atoms with E-state index in [0.717, 1.165) is 5.56 Å². The second kappa shape index (κ2) is 6.01. The maximum absolute atomic E-state index is 11.7. The zero-order valence-electron chi connectivity index (χ0n) is 11.9. The topological polar surface area (TPSA) is 35.5 Å². The molecule has 3 nitrogen and oxygen atoms in total. The van der Waals surface area contributed by atoms with Gasteiger partial charge in [-0.15, -0.1) is 0 Å². The second-order valence-corrected chi connectivity index (χ2v) is 4.95. The van der Waals surface area contributed by atoms with Crippen molar-refractivity contribution in [2.24, 2.45) is 0 Å². The van der Waals surface area contributed by atoms with E-state index >= 15 is 0 Å². The molecule has 0 aliphatic rings. The Morgan fingerprint density at radius 1 is 1.28 bits per heavy atom. The largest absolute Gasteiger partial charge is 0.464 e. The molecule has 0 spiro atoms. The molecular formula is C15H22O3. The van der Waals surface area contributed by atoms with Gasteiger partial charge in [-0.1, -0.05) is 23.8 Å². The Morgan fingerprint density at radius 2 is 1.94 bits per heavy atom. The van der Waals surface area contributed by atoms with Crippen LogP contribution in [0.2, 0.25) is 0 Å². The number of ether oxygens (including phenoxy) is 2. The van der Waals surface area contributed by atoms with E-state index in [2.05, 4.69) is 13.0 Å². The summed E-state index contributed by atoms with van der Waals surface area (Å²) >= 11 is 0. The smallest absolute Gasteiger partial charge is 0.337 e. The Balaban J connectivity index is 2.66. The van der Waals surface area contributed by atoms with Crippen molar-refractivity contribution in [2.75, 3.05) is 6.61 Å². The molecule has 0 amide bonds. The van der Waals surface area contributed by atoms with Crippen molar-refractivity contribution >= 4 is 5.97 Å². The van der Waals surface area contributed by atoms with Crippen molar-refractivity contribution in [3.8, 4) is 0 Å². The van der Waals surface area contributed by atoms with Crippen LogP contribution >= 0.6 is 0 Å². The first kappa shape index (κ1) is 14.7. The van der Waals surface area contributed by atoms with E-state index in [-0.39, 0.29) is 5.97 Å². The predicted octanol–water partition coefficient (Wildman–Crippen LogP) is 3.16. The van der Waals surface area contributed by atoms with Crippen LogP contribution < -0.4 is 0 Å². The maximum atomic E-state index is 11.7. The van der Waals surface area contributed by atoms with Crippen molar-refractivity contribution < 1.29 is 14.3 Å². The number of carbonyl (C=O) groups is 1. The molecular weight excluding hydrogens is 228 g/mol. The zero-order chi connectivity index (χ0) is 13.8. The first-order valence-corrected chi connectivity index (χ1v) is 6.24. The molecule has 0 bridgehead atoms. The number of carbonyl (C=O) groups excluding carboxylic acids is 1. The van der Waals surface area contributed by atoms with E-state index in [0.29, 0.717) is 13.2 Å². The Bertz CT molecular complexity index is 422. The fourth-order valence-electron chi connectivity index (χ4n) is 1.63. The average molecular weight is 250 g/mol. The number of aryl methyl sites for hydroxylation is 2. The Hall–Kier alpha value is -1.35. The Morgan fingerprint density at radius 3 is 2.50 bits per heavy atom. The van der Waals surface area contributed by atoms with Gasteiger partial charge in [-0.25, -0.2) is 4.79 Å².